The fourth-order valence-electron chi connectivity index (χ4n) is 4.32. The topological polar surface area (TPSA) is 122 Å². The van der Waals surface area contributed by atoms with Crippen molar-refractivity contribution in [3.05, 3.63) is 99.1 Å². The van der Waals surface area contributed by atoms with Crippen molar-refractivity contribution in [2.24, 2.45) is 0 Å². The first kappa shape index (κ1) is 22.4. The number of hydrogen-bond donors (Lipinski definition) is 3. The van der Waals surface area contributed by atoms with Crippen molar-refractivity contribution < 1.29 is 24.7 Å². The van der Waals surface area contributed by atoms with Gasteiger partial charge < -0.3 is 20.3 Å². The van der Waals surface area contributed by atoms with Gasteiger partial charge in [-0.2, -0.15) is 0 Å². The molecule has 0 saturated carbocycles. The minimum atomic E-state index is -1.40. The van der Waals surface area contributed by atoms with Gasteiger partial charge >= 0.3 is 6.09 Å². The molecule has 170 valence electrons. The quantitative estimate of drug-likeness (QED) is 0.373. The fourth-order valence-corrected chi connectivity index (χ4v) is 4.32. The summed E-state index contributed by atoms with van der Waals surface area (Å²) in [6, 6.07) is 20.2. The molecule has 0 aliphatic heterocycles. The van der Waals surface area contributed by atoms with Gasteiger partial charge in [0.2, 0.25) is 0 Å². The molecule has 0 aromatic heterocycles. The maximum absolute atomic E-state index is 12.3. The average Bonchev–Trinajstić information content (AvgIpc) is 3.14. The number of aliphatic hydroxyl groups excluding tert-OH is 2. The minimum absolute atomic E-state index is 0.0915. The SMILES string of the molecule is Cc1c(C(O)C(O)CNC(=O)OCC2c3ccccc3-c3ccccc32)cccc1[N+](=O)[O-]. The van der Waals surface area contributed by atoms with Crippen LogP contribution in [0.25, 0.3) is 11.1 Å². The van der Waals surface area contributed by atoms with E-state index < -0.39 is 23.2 Å². The van der Waals surface area contributed by atoms with Gasteiger partial charge in [0.15, 0.2) is 0 Å². The molecule has 2 atom stereocenters. The van der Waals surface area contributed by atoms with E-state index in [1.165, 1.54) is 25.1 Å². The lowest BCUT2D eigenvalue weighted by Gasteiger charge is -2.20. The number of rotatable bonds is 7. The fraction of sp³-hybridized carbons (Fsp3) is 0.240. The first-order chi connectivity index (χ1) is 15.9. The lowest BCUT2D eigenvalue weighted by Crippen LogP contribution is -2.36. The molecule has 8 heteroatoms. The molecule has 0 bridgehead atoms. The largest absolute Gasteiger partial charge is 0.449 e. The number of aliphatic hydroxyl groups is 2. The third-order valence-electron chi connectivity index (χ3n) is 6.03. The van der Waals surface area contributed by atoms with E-state index in [2.05, 4.69) is 5.32 Å². The maximum Gasteiger partial charge on any atom is 0.407 e. The summed E-state index contributed by atoms with van der Waals surface area (Å²) in [6.07, 6.45) is -3.50. The number of nitrogens with one attached hydrogen (secondary N) is 1. The third kappa shape index (κ3) is 4.44. The van der Waals surface area contributed by atoms with Gasteiger partial charge in [-0.15, -0.1) is 0 Å². The molecule has 3 aromatic rings. The number of fused-ring (bicyclic) bond motifs is 3. The molecule has 0 heterocycles. The van der Waals surface area contributed by atoms with Crippen LogP contribution in [0.4, 0.5) is 10.5 Å². The minimum Gasteiger partial charge on any atom is -0.449 e. The molecule has 1 aliphatic rings. The molecule has 8 nitrogen and oxygen atoms in total. The van der Waals surface area contributed by atoms with Crippen LogP contribution in [0.3, 0.4) is 0 Å². The second kappa shape index (κ2) is 9.40. The number of amides is 1. The molecule has 1 amide bonds. The Bertz CT molecular complexity index is 1150. The Kier molecular flexibility index (Phi) is 6.39. The molecule has 0 spiro atoms. The zero-order valence-corrected chi connectivity index (χ0v) is 18.0. The molecule has 0 saturated heterocycles. The summed E-state index contributed by atoms with van der Waals surface area (Å²) in [5.74, 6) is -0.0915. The summed E-state index contributed by atoms with van der Waals surface area (Å²) in [7, 11) is 0. The van der Waals surface area contributed by atoms with Crippen molar-refractivity contribution >= 4 is 11.8 Å². The van der Waals surface area contributed by atoms with Crippen LogP contribution in [0.1, 0.15) is 34.3 Å². The highest BCUT2D eigenvalue weighted by Gasteiger charge is 2.29. The van der Waals surface area contributed by atoms with Gasteiger partial charge in [-0.05, 0) is 34.7 Å². The average molecular weight is 448 g/mol. The van der Waals surface area contributed by atoms with Crippen LogP contribution in [-0.4, -0.2) is 40.5 Å². The molecule has 0 fully saturated rings. The molecule has 3 N–H and O–H groups in total. The van der Waals surface area contributed by atoms with E-state index in [4.69, 9.17) is 4.74 Å². The second-order valence-corrected chi connectivity index (χ2v) is 7.97. The van der Waals surface area contributed by atoms with E-state index >= 15 is 0 Å². The number of carbonyl (C=O) groups excluding carboxylic acids is 1. The first-order valence-corrected chi connectivity index (χ1v) is 10.6. The van der Waals surface area contributed by atoms with Gasteiger partial charge in [0.1, 0.15) is 18.8 Å². The van der Waals surface area contributed by atoms with Gasteiger partial charge in [0.05, 0.1) is 4.92 Å². The van der Waals surface area contributed by atoms with Crippen LogP contribution in [0.15, 0.2) is 66.7 Å². The van der Waals surface area contributed by atoms with Crippen molar-refractivity contribution in [3.63, 3.8) is 0 Å². The van der Waals surface area contributed by atoms with E-state index in [1.807, 2.05) is 48.5 Å². The van der Waals surface area contributed by atoms with Crippen molar-refractivity contribution in [2.45, 2.75) is 25.0 Å². The van der Waals surface area contributed by atoms with E-state index in [0.717, 1.165) is 22.3 Å². The highest BCUT2D eigenvalue weighted by Crippen LogP contribution is 2.44. The zero-order valence-electron chi connectivity index (χ0n) is 18.0. The zero-order chi connectivity index (χ0) is 23.5. The van der Waals surface area contributed by atoms with Crippen LogP contribution in [-0.2, 0) is 4.74 Å². The van der Waals surface area contributed by atoms with E-state index in [0.29, 0.717) is 0 Å². The number of alkyl carbamates (subject to hydrolysis) is 1. The Morgan fingerprint density at radius 2 is 1.64 bits per heavy atom. The Hall–Kier alpha value is -3.75. The van der Waals surface area contributed by atoms with Crippen LogP contribution < -0.4 is 5.32 Å². The number of benzene rings is 3. The molecule has 4 rings (SSSR count). The third-order valence-corrected chi connectivity index (χ3v) is 6.03. The Labute approximate surface area is 190 Å². The molecular formula is C25H24N2O6. The molecule has 0 radical (unpaired) electrons. The van der Waals surface area contributed by atoms with Gasteiger partial charge in [-0.1, -0.05) is 60.7 Å². The molecular weight excluding hydrogens is 424 g/mol. The summed E-state index contributed by atoms with van der Waals surface area (Å²) in [6.45, 7) is 1.35. The number of ether oxygens (including phenoxy) is 1. The summed E-state index contributed by atoms with van der Waals surface area (Å²) in [5, 5.41) is 34.3. The molecule has 33 heavy (non-hydrogen) atoms. The Morgan fingerprint density at radius 3 is 2.24 bits per heavy atom. The van der Waals surface area contributed by atoms with E-state index in [9.17, 15) is 25.1 Å². The van der Waals surface area contributed by atoms with E-state index in [-0.39, 0.29) is 35.9 Å². The predicted octanol–water partition coefficient (Wildman–Crippen LogP) is 3.84. The standard InChI is InChI=1S/C25H24N2O6/c1-15-16(11-6-12-22(15)27(31)32)24(29)23(28)13-26-25(30)33-14-21-19-9-4-2-7-17(19)18-8-3-5-10-20(18)21/h2-12,21,23-24,28-29H,13-14H2,1H3,(H,26,30). The maximum atomic E-state index is 12.3. The smallest absolute Gasteiger partial charge is 0.407 e. The highest BCUT2D eigenvalue weighted by atomic mass is 16.6. The summed E-state index contributed by atoms with van der Waals surface area (Å²) in [5.41, 5.74) is 4.75. The van der Waals surface area contributed by atoms with Gasteiger partial charge in [0.25, 0.3) is 5.69 Å². The number of nitro groups is 1. The molecule has 1 aliphatic carbocycles. The number of hydrogen-bond acceptors (Lipinski definition) is 6. The number of carbonyl (C=O) groups is 1. The van der Waals surface area contributed by atoms with Crippen molar-refractivity contribution in [1.29, 1.82) is 0 Å². The van der Waals surface area contributed by atoms with Gasteiger partial charge in [-0.25, -0.2) is 4.79 Å². The molecule has 2 unspecified atom stereocenters. The Balaban J connectivity index is 1.36. The lowest BCUT2D eigenvalue weighted by atomic mass is 9.98. The van der Waals surface area contributed by atoms with Crippen molar-refractivity contribution in [2.75, 3.05) is 13.2 Å². The van der Waals surface area contributed by atoms with Crippen molar-refractivity contribution in [3.8, 4) is 11.1 Å². The Morgan fingerprint density at radius 1 is 1.03 bits per heavy atom. The van der Waals surface area contributed by atoms with Gasteiger partial charge in [0, 0.05) is 24.1 Å². The van der Waals surface area contributed by atoms with Crippen LogP contribution in [0.2, 0.25) is 0 Å². The first-order valence-electron chi connectivity index (χ1n) is 10.6. The monoisotopic (exact) mass is 448 g/mol. The van der Waals surface area contributed by atoms with Crippen LogP contribution in [0, 0.1) is 17.0 Å². The number of nitro benzene ring substituents is 1. The van der Waals surface area contributed by atoms with Crippen LogP contribution >= 0.6 is 0 Å². The summed E-state index contributed by atoms with van der Waals surface area (Å²) in [4.78, 5) is 22.8. The van der Waals surface area contributed by atoms with E-state index in [1.54, 1.807) is 0 Å². The summed E-state index contributed by atoms with van der Waals surface area (Å²) < 4.78 is 5.42. The second-order valence-electron chi connectivity index (χ2n) is 7.97. The predicted molar refractivity (Wildman–Crippen MR) is 122 cm³/mol. The number of nitrogens with zero attached hydrogens (tertiary/aromatic N) is 1. The lowest BCUT2D eigenvalue weighted by molar-refractivity contribution is -0.385. The normalized spacial score (nSPS) is 14.2. The highest BCUT2D eigenvalue weighted by molar-refractivity contribution is 5.79. The summed E-state index contributed by atoms with van der Waals surface area (Å²) >= 11 is 0. The van der Waals surface area contributed by atoms with Gasteiger partial charge in [-0.3, -0.25) is 10.1 Å². The van der Waals surface area contributed by atoms with Crippen molar-refractivity contribution in [1.82, 2.24) is 5.32 Å². The molecule has 3 aromatic carbocycles. The van der Waals surface area contributed by atoms with Crippen LogP contribution in [0.5, 0.6) is 0 Å².